The summed E-state index contributed by atoms with van der Waals surface area (Å²) in [5.41, 5.74) is -2.68. The van der Waals surface area contributed by atoms with Gasteiger partial charge in [0.2, 0.25) is 0 Å². The highest BCUT2D eigenvalue weighted by atomic mass is 19.4. The maximum atomic E-state index is 14.3. The van der Waals surface area contributed by atoms with E-state index in [0.717, 1.165) is 29.8 Å². The van der Waals surface area contributed by atoms with Crippen molar-refractivity contribution in [3.63, 3.8) is 0 Å². The Balaban J connectivity index is 0.000000164. The molecule has 0 saturated carbocycles. The fourth-order valence-corrected chi connectivity index (χ4v) is 7.77. The summed E-state index contributed by atoms with van der Waals surface area (Å²) in [5, 5.41) is 9.35. The highest BCUT2D eigenvalue weighted by molar-refractivity contribution is 6.01. The molecule has 3 atom stereocenters. The zero-order valence-electron chi connectivity index (χ0n) is 30.6. The molecular formula is C41H32F12O6. The van der Waals surface area contributed by atoms with E-state index in [2.05, 4.69) is 4.74 Å². The van der Waals surface area contributed by atoms with Gasteiger partial charge in [-0.2, -0.15) is 39.5 Å². The van der Waals surface area contributed by atoms with Gasteiger partial charge in [0.05, 0.1) is 48.5 Å². The van der Waals surface area contributed by atoms with E-state index in [1.165, 1.54) is 7.11 Å². The number of esters is 1. The normalized spacial score (nSPS) is 19.0. The highest BCUT2D eigenvalue weighted by Gasteiger charge is 2.41. The Kier molecular flexibility index (Phi) is 12.1. The zero-order chi connectivity index (χ0) is 43.2. The molecule has 0 bridgehead atoms. The van der Waals surface area contributed by atoms with Crippen LogP contribution in [0.25, 0.3) is 0 Å². The molecule has 6 nitrogen and oxygen atoms in total. The van der Waals surface area contributed by atoms with Gasteiger partial charge in [0.15, 0.2) is 5.78 Å². The third-order valence-corrected chi connectivity index (χ3v) is 10.4. The van der Waals surface area contributed by atoms with Crippen LogP contribution in [0.3, 0.4) is 0 Å². The Labute approximate surface area is 327 Å². The first-order valence-electron chi connectivity index (χ1n) is 18.0. The number of ether oxygens (including phenoxy) is 3. The van der Waals surface area contributed by atoms with Crippen LogP contribution < -0.4 is 9.47 Å². The van der Waals surface area contributed by atoms with Gasteiger partial charge in [-0.1, -0.05) is 6.07 Å². The van der Waals surface area contributed by atoms with Crippen molar-refractivity contribution < 1.29 is 81.6 Å². The monoisotopic (exact) mass is 848 g/mol. The van der Waals surface area contributed by atoms with Gasteiger partial charge in [0, 0.05) is 35.1 Å². The van der Waals surface area contributed by atoms with E-state index < -0.39 is 70.7 Å². The Morgan fingerprint density at radius 3 is 1.85 bits per heavy atom. The first kappa shape index (κ1) is 43.3. The van der Waals surface area contributed by atoms with Crippen molar-refractivity contribution in [1.29, 1.82) is 0 Å². The number of hydrogen-bond acceptors (Lipinski definition) is 6. The summed E-state index contributed by atoms with van der Waals surface area (Å²) < 4.78 is 171. The fourth-order valence-electron chi connectivity index (χ4n) is 7.77. The first-order valence-corrected chi connectivity index (χ1v) is 18.0. The van der Waals surface area contributed by atoms with E-state index in [1.807, 2.05) is 0 Å². The number of hydrogen-bond donors (Lipinski definition) is 1. The lowest BCUT2D eigenvalue weighted by molar-refractivity contribution is -0.141. The number of fused-ring (bicyclic) bond motifs is 4. The molecule has 1 N–H and O–H groups in total. The topological polar surface area (TPSA) is 82.1 Å². The van der Waals surface area contributed by atoms with E-state index in [4.69, 9.17) is 9.47 Å². The van der Waals surface area contributed by atoms with Crippen molar-refractivity contribution in [2.75, 3.05) is 13.7 Å². The minimum absolute atomic E-state index is 0.0270. The number of halogens is 12. The van der Waals surface area contributed by atoms with Gasteiger partial charge in [0.1, 0.15) is 35.1 Å². The number of ketones is 1. The molecule has 59 heavy (non-hydrogen) atoms. The van der Waals surface area contributed by atoms with Gasteiger partial charge in [-0.25, -0.2) is 13.2 Å². The molecule has 0 fully saturated rings. The largest absolute Gasteiger partial charge is 0.492 e. The summed E-state index contributed by atoms with van der Waals surface area (Å²) in [7, 11) is 1.32. The molecule has 8 rings (SSSR count). The summed E-state index contributed by atoms with van der Waals surface area (Å²) in [6.07, 6.45) is -14.8. The molecule has 4 aliphatic rings. The van der Waals surface area contributed by atoms with E-state index in [9.17, 15) is 67.4 Å². The van der Waals surface area contributed by atoms with Crippen LogP contribution in [0, 0.1) is 17.5 Å². The molecule has 0 saturated heterocycles. The zero-order valence-corrected chi connectivity index (χ0v) is 30.6. The van der Waals surface area contributed by atoms with Gasteiger partial charge >= 0.3 is 24.5 Å². The second-order valence-corrected chi connectivity index (χ2v) is 14.0. The third-order valence-electron chi connectivity index (χ3n) is 10.4. The van der Waals surface area contributed by atoms with Crippen molar-refractivity contribution >= 4 is 11.8 Å². The maximum absolute atomic E-state index is 14.3. The van der Waals surface area contributed by atoms with Crippen LogP contribution in [0.5, 0.6) is 11.5 Å². The molecule has 316 valence electrons. The third kappa shape index (κ3) is 9.01. The van der Waals surface area contributed by atoms with Gasteiger partial charge < -0.3 is 19.3 Å². The quantitative estimate of drug-likeness (QED) is 0.163. The summed E-state index contributed by atoms with van der Waals surface area (Å²) in [6, 6.07) is 9.52. The van der Waals surface area contributed by atoms with E-state index in [0.29, 0.717) is 30.2 Å². The smallest absolute Gasteiger partial charge is 0.416 e. The van der Waals surface area contributed by atoms with Gasteiger partial charge in [-0.3, -0.25) is 9.59 Å². The van der Waals surface area contributed by atoms with E-state index in [1.54, 1.807) is 18.2 Å². The lowest BCUT2D eigenvalue weighted by Gasteiger charge is -2.18. The van der Waals surface area contributed by atoms with Crippen molar-refractivity contribution in [3.05, 3.63) is 128 Å². The van der Waals surface area contributed by atoms with Crippen LogP contribution in [-0.4, -0.2) is 30.6 Å². The summed E-state index contributed by atoms with van der Waals surface area (Å²) >= 11 is 0. The Hall–Kier alpha value is -5.26. The number of rotatable bonds is 4. The maximum Gasteiger partial charge on any atom is 0.416 e. The SMILES string of the molecule is COC(=O)C[C@@H]1COc2cc(O[C@@H]3CCc4c(C(F)(F)F)ccc(F)c43)ccc21.O=C1CCc2c(C(F)(F)F)ccc(F)c21.O[C@H]1CCc2c(C(F)(F)F)ccc(F)c21. The molecule has 0 unspecified atom stereocenters. The number of carbonyl (C=O) groups excluding carboxylic acids is 2. The molecule has 0 spiro atoms. The van der Waals surface area contributed by atoms with Gasteiger partial charge in [-0.15, -0.1) is 0 Å². The highest BCUT2D eigenvalue weighted by Crippen LogP contribution is 2.46. The van der Waals surface area contributed by atoms with Crippen LogP contribution in [0.2, 0.25) is 0 Å². The molecule has 4 aromatic carbocycles. The molecule has 0 amide bonds. The summed E-state index contributed by atoms with van der Waals surface area (Å²) in [6.45, 7) is 0.323. The van der Waals surface area contributed by atoms with Crippen LogP contribution in [0.4, 0.5) is 52.7 Å². The number of benzene rings is 4. The predicted molar refractivity (Wildman–Crippen MR) is 183 cm³/mol. The number of Topliss-reactive ketones (excluding diaryl/α,β-unsaturated/α-hetero) is 1. The lowest BCUT2D eigenvalue weighted by Crippen LogP contribution is -2.11. The first-order chi connectivity index (χ1) is 27.6. The van der Waals surface area contributed by atoms with E-state index in [-0.39, 0.29) is 90.2 Å². The molecular weight excluding hydrogens is 816 g/mol. The molecule has 1 heterocycles. The van der Waals surface area contributed by atoms with E-state index >= 15 is 0 Å². The Bertz CT molecular complexity index is 2260. The van der Waals surface area contributed by atoms with Gasteiger partial charge in [-0.05, 0) is 91.3 Å². The predicted octanol–water partition coefficient (Wildman–Crippen LogP) is 10.7. The number of methoxy groups -OCH3 is 1. The van der Waals surface area contributed by atoms with Crippen LogP contribution >= 0.6 is 0 Å². The van der Waals surface area contributed by atoms with Crippen LogP contribution in [-0.2, 0) is 47.3 Å². The van der Waals surface area contributed by atoms with Crippen LogP contribution in [0.15, 0.2) is 54.6 Å². The van der Waals surface area contributed by atoms with Gasteiger partial charge in [0.25, 0.3) is 0 Å². The molecule has 3 aliphatic carbocycles. The molecule has 4 aromatic rings. The lowest BCUT2D eigenvalue weighted by atomic mass is 9.98. The number of aliphatic hydroxyl groups excluding tert-OH is 1. The van der Waals surface area contributed by atoms with Crippen LogP contribution in [0.1, 0.15) is 104 Å². The number of carbonyl (C=O) groups is 2. The molecule has 1 aliphatic heterocycles. The average Bonchev–Trinajstić information content (AvgIpc) is 3.94. The second-order valence-electron chi connectivity index (χ2n) is 14.0. The van der Waals surface area contributed by atoms with Crippen molar-refractivity contribution in [2.45, 2.75) is 81.6 Å². The average molecular weight is 849 g/mol. The minimum Gasteiger partial charge on any atom is -0.492 e. The molecule has 18 heteroatoms. The Morgan fingerprint density at radius 2 is 1.25 bits per heavy atom. The minimum atomic E-state index is -4.54. The molecule has 0 aromatic heterocycles. The Morgan fingerprint density at radius 1 is 0.712 bits per heavy atom. The summed E-state index contributed by atoms with van der Waals surface area (Å²) in [4.78, 5) is 22.7. The standard InChI is InChI=1S/C21H18F4O4.C10H8F4O.C10H6F4O/c1-27-19(26)8-11-10-28-18-9-12(2-3-13(11)18)29-17-7-4-14-15(21(23,24)25)5-6-16(22)20(14)17;2*11-7-3-2-6(10(12,13)14)5-1-4-8(15)9(5)7/h2-3,5-6,9,11,17H,4,7-8,10H2,1H3;2-3,8,15H,1,4H2;2-3H,1,4H2/t11-,17-;8-;/m10./s1. The molecule has 0 radical (unpaired) electrons. The van der Waals surface area contributed by atoms with Crippen molar-refractivity contribution in [2.24, 2.45) is 0 Å². The van der Waals surface area contributed by atoms with Crippen molar-refractivity contribution in [1.82, 2.24) is 0 Å². The number of alkyl halides is 9. The number of aliphatic hydroxyl groups is 1. The fraction of sp³-hybridized carbons (Fsp3) is 0.366. The summed E-state index contributed by atoms with van der Waals surface area (Å²) in [5.74, 6) is -2.44. The van der Waals surface area contributed by atoms with Crippen molar-refractivity contribution in [3.8, 4) is 11.5 Å². The second kappa shape index (κ2) is 16.4.